The Morgan fingerprint density at radius 1 is 1.24 bits per heavy atom. The molecule has 0 heterocycles. The Balaban J connectivity index is 2.15. The smallest absolute Gasteiger partial charge is 0.0108 e. The summed E-state index contributed by atoms with van der Waals surface area (Å²) in [5, 5.41) is 0. The molecule has 0 saturated heterocycles. The first kappa shape index (κ1) is 12.6. The number of aryl methyl sites for hydroxylation is 1. The topological polar surface area (TPSA) is 26.0 Å². The zero-order valence-electron chi connectivity index (χ0n) is 11.2. The van der Waals surface area contributed by atoms with E-state index in [0.29, 0.717) is 12.0 Å². The molecule has 0 bridgehead atoms. The first-order chi connectivity index (χ1) is 8.22. The molecule has 1 saturated carbocycles. The van der Waals surface area contributed by atoms with Gasteiger partial charge < -0.3 is 5.73 Å². The summed E-state index contributed by atoms with van der Waals surface area (Å²) in [6.45, 7) is 4.50. The fourth-order valence-electron chi connectivity index (χ4n) is 3.31. The largest absolute Gasteiger partial charge is 0.327 e. The van der Waals surface area contributed by atoms with Crippen LogP contribution in [0.5, 0.6) is 0 Å². The normalized spacial score (nSPS) is 29.2. The predicted octanol–water partition coefficient (Wildman–Crippen LogP) is 4.01. The van der Waals surface area contributed by atoms with Gasteiger partial charge in [0.05, 0.1) is 0 Å². The summed E-state index contributed by atoms with van der Waals surface area (Å²) in [6.07, 6.45) is 6.50. The van der Waals surface area contributed by atoms with E-state index in [4.69, 9.17) is 5.73 Å². The van der Waals surface area contributed by atoms with Crippen LogP contribution in [0.1, 0.15) is 56.1 Å². The third kappa shape index (κ3) is 2.90. The SMILES string of the molecule is CCCC1CCC(N)C(c2ccccc2C)C1. The lowest BCUT2D eigenvalue weighted by Gasteiger charge is -2.35. The number of benzene rings is 1. The quantitative estimate of drug-likeness (QED) is 0.836. The molecule has 1 aromatic carbocycles. The molecule has 1 heteroatoms. The maximum Gasteiger partial charge on any atom is 0.0108 e. The van der Waals surface area contributed by atoms with Crippen molar-refractivity contribution in [2.45, 2.75) is 57.9 Å². The van der Waals surface area contributed by atoms with Gasteiger partial charge in [0.2, 0.25) is 0 Å². The molecule has 1 aromatic rings. The van der Waals surface area contributed by atoms with Crippen molar-refractivity contribution in [1.29, 1.82) is 0 Å². The summed E-state index contributed by atoms with van der Waals surface area (Å²) in [6, 6.07) is 9.12. The first-order valence-corrected chi connectivity index (χ1v) is 7.03. The van der Waals surface area contributed by atoms with E-state index in [2.05, 4.69) is 38.1 Å². The molecule has 1 fully saturated rings. The highest BCUT2D eigenvalue weighted by atomic mass is 14.7. The molecular weight excluding hydrogens is 206 g/mol. The minimum atomic E-state index is 0.365. The Kier molecular flexibility index (Phi) is 4.22. The molecule has 3 atom stereocenters. The number of nitrogens with two attached hydrogens (primary N) is 1. The summed E-state index contributed by atoms with van der Waals surface area (Å²) >= 11 is 0. The van der Waals surface area contributed by atoms with Crippen molar-refractivity contribution < 1.29 is 0 Å². The summed E-state index contributed by atoms with van der Waals surface area (Å²) in [5.41, 5.74) is 9.23. The number of hydrogen-bond acceptors (Lipinski definition) is 1. The molecule has 0 spiro atoms. The molecule has 0 aliphatic heterocycles. The van der Waals surface area contributed by atoms with E-state index in [1.54, 1.807) is 0 Å². The molecule has 0 aromatic heterocycles. The van der Waals surface area contributed by atoms with Crippen LogP contribution in [0.2, 0.25) is 0 Å². The van der Waals surface area contributed by atoms with Gasteiger partial charge in [0.15, 0.2) is 0 Å². The van der Waals surface area contributed by atoms with Gasteiger partial charge in [-0.2, -0.15) is 0 Å². The highest BCUT2D eigenvalue weighted by Gasteiger charge is 2.29. The van der Waals surface area contributed by atoms with Crippen LogP contribution in [-0.2, 0) is 0 Å². The van der Waals surface area contributed by atoms with E-state index < -0.39 is 0 Å². The highest BCUT2D eigenvalue weighted by molar-refractivity contribution is 5.30. The molecule has 2 rings (SSSR count). The van der Waals surface area contributed by atoms with Crippen LogP contribution in [0.3, 0.4) is 0 Å². The first-order valence-electron chi connectivity index (χ1n) is 7.03. The summed E-state index contributed by atoms with van der Waals surface area (Å²) in [5.74, 6) is 1.48. The Morgan fingerprint density at radius 3 is 2.71 bits per heavy atom. The third-order valence-electron chi connectivity index (χ3n) is 4.30. The van der Waals surface area contributed by atoms with Gasteiger partial charge in [0.25, 0.3) is 0 Å². The number of rotatable bonds is 3. The van der Waals surface area contributed by atoms with Crippen molar-refractivity contribution in [2.75, 3.05) is 0 Å². The van der Waals surface area contributed by atoms with Crippen molar-refractivity contribution in [1.82, 2.24) is 0 Å². The second-order valence-electron chi connectivity index (χ2n) is 5.59. The molecule has 3 unspecified atom stereocenters. The molecule has 17 heavy (non-hydrogen) atoms. The highest BCUT2D eigenvalue weighted by Crippen LogP contribution is 2.38. The van der Waals surface area contributed by atoms with Crippen LogP contribution >= 0.6 is 0 Å². The van der Waals surface area contributed by atoms with Crippen molar-refractivity contribution in [2.24, 2.45) is 11.7 Å². The van der Waals surface area contributed by atoms with Gasteiger partial charge in [-0.15, -0.1) is 0 Å². The minimum absolute atomic E-state index is 0.365. The lowest BCUT2D eigenvalue weighted by Crippen LogP contribution is -2.34. The molecule has 1 aliphatic carbocycles. The van der Waals surface area contributed by atoms with Gasteiger partial charge >= 0.3 is 0 Å². The molecular formula is C16H25N. The molecule has 0 amide bonds. The Hall–Kier alpha value is -0.820. The fraction of sp³-hybridized carbons (Fsp3) is 0.625. The lowest BCUT2D eigenvalue weighted by molar-refractivity contribution is 0.274. The van der Waals surface area contributed by atoms with Crippen molar-refractivity contribution >= 4 is 0 Å². The van der Waals surface area contributed by atoms with E-state index in [0.717, 1.165) is 5.92 Å². The van der Waals surface area contributed by atoms with E-state index in [-0.39, 0.29) is 0 Å². The van der Waals surface area contributed by atoms with Crippen LogP contribution < -0.4 is 5.73 Å². The Labute approximate surface area is 105 Å². The molecule has 94 valence electrons. The van der Waals surface area contributed by atoms with Gasteiger partial charge in [-0.25, -0.2) is 0 Å². The van der Waals surface area contributed by atoms with E-state index in [1.165, 1.54) is 43.2 Å². The summed E-state index contributed by atoms with van der Waals surface area (Å²) in [7, 11) is 0. The zero-order valence-corrected chi connectivity index (χ0v) is 11.2. The summed E-state index contributed by atoms with van der Waals surface area (Å²) in [4.78, 5) is 0. The third-order valence-corrected chi connectivity index (χ3v) is 4.30. The molecule has 0 radical (unpaired) electrons. The van der Waals surface area contributed by atoms with Crippen molar-refractivity contribution in [3.8, 4) is 0 Å². The summed E-state index contributed by atoms with van der Waals surface area (Å²) < 4.78 is 0. The van der Waals surface area contributed by atoms with E-state index in [1.807, 2.05) is 0 Å². The van der Waals surface area contributed by atoms with Crippen LogP contribution in [0.4, 0.5) is 0 Å². The van der Waals surface area contributed by atoms with E-state index in [9.17, 15) is 0 Å². The Bertz CT molecular complexity index is 358. The number of hydrogen-bond donors (Lipinski definition) is 1. The van der Waals surface area contributed by atoms with Crippen LogP contribution in [0.15, 0.2) is 24.3 Å². The lowest BCUT2D eigenvalue weighted by atomic mass is 9.73. The van der Waals surface area contributed by atoms with Crippen molar-refractivity contribution in [3.05, 3.63) is 35.4 Å². The standard InChI is InChI=1S/C16H25N/c1-3-6-13-9-10-16(17)15(11-13)14-8-5-4-7-12(14)2/h4-5,7-8,13,15-16H,3,6,9-11,17H2,1-2H3. The maximum atomic E-state index is 6.34. The van der Waals surface area contributed by atoms with Crippen LogP contribution in [-0.4, -0.2) is 6.04 Å². The minimum Gasteiger partial charge on any atom is -0.327 e. The molecule has 1 nitrogen and oxygen atoms in total. The second kappa shape index (κ2) is 5.68. The Morgan fingerprint density at radius 2 is 2.00 bits per heavy atom. The zero-order chi connectivity index (χ0) is 12.3. The van der Waals surface area contributed by atoms with Crippen LogP contribution in [0, 0.1) is 12.8 Å². The average Bonchev–Trinajstić information content (AvgIpc) is 2.33. The maximum absolute atomic E-state index is 6.34. The average molecular weight is 231 g/mol. The van der Waals surface area contributed by atoms with Crippen LogP contribution in [0.25, 0.3) is 0 Å². The van der Waals surface area contributed by atoms with Gasteiger partial charge in [-0.1, -0.05) is 44.0 Å². The molecule has 2 N–H and O–H groups in total. The van der Waals surface area contributed by atoms with Gasteiger partial charge in [-0.3, -0.25) is 0 Å². The van der Waals surface area contributed by atoms with Gasteiger partial charge in [-0.05, 0) is 49.1 Å². The second-order valence-corrected chi connectivity index (χ2v) is 5.59. The van der Waals surface area contributed by atoms with Gasteiger partial charge in [0, 0.05) is 6.04 Å². The van der Waals surface area contributed by atoms with E-state index >= 15 is 0 Å². The predicted molar refractivity (Wildman–Crippen MR) is 74.1 cm³/mol. The van der Waals surface area contributed by atoms with Crippen molar-refractivity contribution in [3.63, 3.8) is 0 Å². The van der Waals surface area contributed by atoms with Gasteiger partial charge in [0.1, 0.15) is 0 Å². The molecule has 1 aliphatic rings. The monoisotopic (exact) mass is 231 g/mol. The fourth-order valence-corrected chi connectivity index (χ4v) is 3.31.